The van der Waals surface area contributed by atoms with Crippen molar-refractivity contribution in [2.75, 3.05) is 19.0 Å². The molecule has 1 amide bonds. The second-order valence-electron chi connectivity index (χ2n) is 3.94. The Labute approximate surface area is 104 Å². The fourth-order valence-electron chi connectivity index (χ4n) is 1.69. The third-order valence-corrected chi connectivity index (χ3v) is 2.64. The predicted octanol–water partition coefficient (Wildman–Crippen LogP) is -0.0463. The van der Waals surface area contributed by atoms with E-state index in [2.05, 4.69) is 25.3 Å². The molecule has 1 aliphatic rings. The Morgan fingerprint density at radius 2 is 2.44 bits per heavy atom. The number of methoxy groups -OCH3 is 1. The van der Waals surface area contributed by atoms with Gasteiger partial charge in [-0.25, -0.2) is 14.8 Å². The van der Waals surface area contributed by atoms with E-state index < -0.39 is 5.97 Å². The van der Waals surface area contributed by atoms with E-state index in [4.69, 9.17) is 0 Å². The average Bonchev–Trinajstić information content (AvgIpc) is 2.41. The summed E-state index contributed by atoms with van der Waals surface area (Å²) in [6.07, 6.45) is 2.72. The van der Waals surface area contributed by atoms with Crippen LogP contribution < -0.4 is 10.6 Å². The standard InChI is InChI=1S/C11H14N4O3/c1-18-11(17)10-12-5-4-8(15-10)14-7-2-3-9(16)13-6-7/h4-5,7H,2-3,6H2,1H3,(H,13,16)(H,12,14,15). The van der Waals surface area contributed by atoms with Crippen molar-refractivity contribution in [3.05, 3.63) is 18.1 Å². The number of carbonyl (C=O) groups is 2. The van der Waals surface area contributed by atoms with Crippen molar-refractivity contribution < 1.29 is 14.3 Å². The SMILES string of the molecule is COC(=O)c1nccc(NC2CCC(=O)NC2)n1. The molecule has 0 spiro atoms. The third-order valence-electron chi connectivity index (χ3n) is 2.64. The molecule has 1 fully saturated rings. The minimum Gasteiger partial charge on any atom is -0.463 e. The lowest BCUT2D eigenvalue weighted by Crippen LogP contribution is -2.42. The van der Waals surface area contributed by atoms with Gasteiger partial charge in [-0.3, -0.25) is 4.79 Å². The van der Waals surface area contributed by atoms with Gasteiger partial charge in [-0.15, -0.1) is 0 Å². The number of hydrogen-bond donors (Lipinski definition) is 2. The molecule has 1 aromatic rings. The molecule has 1 aliphatic heterocycles. The number of esters is 1. The number of ether oxygens (including phenoxy) is 1. The second-order valence-corrected chi connectivity index (χ2v) is 3.94. The fraction of sp³-hybridized carbons (Fsp3) is 0.455. The zero-order chi connectivity index (χ0) is 13.0. The van der Waals surface area contributed by atoms with Crippen LogP contribution in [-0.2, 0) is 9.53 Å². The summed E-state index contributed by atoms with van der Waals surface area (Å²) in [6.45, 7) is 0.552. The van der Waals surface area contributed by atoms with Crippen molar-refractivity contribution in [1.82, 2.24) is 15.3 Å². The number of amides is 1. The first-order chi connectivity index (χ1) is 8.69. The number of anilines is 1. The van der Waals surface area contributed by atoms with Gasteiger partial charge in [0.1, 0.15) is 5.82 Å². The Kier molecular flexibility index (Phi) is 3.71. The van der Waals surface area contributed by atoms with Crippen LogP contribution in [0.2, 0.25) is 0 Å². The van der Waals surface area contributed by atoms with Crippen LogP contribution in [0.4, 0.5) is 5.82 Å². The lowest BCUT2D eigenvalue weighted by atomic mass is 10.1. The highest BCUT2D eigenvalue weighted by Crippen LogP contribution is 2.10. The van der Waals surface area contributed by atoms with Crippen LogP contribution in [0, 0.1) is 0 Å². The molecular weight excluding hydrogens is 236 g/mol. The first-order valence-electron chi connectivity index (χ1n) is 5.63. The van der Waals surface area contributed by atoms with E-state index in [1.807, 2.05) is 0 Å². The van der Waals surface area contributed by atoms with Crippen LogP contribution in [0.3, 0.4) is 0 Å². The highest BCUT2D eigenvalue weighted by atomic mass is 16.5. The van der Waals surface area contributed by atoms with Crippen molar-refractivity contribution in [3.63, 3.8) is 0 Å². The Balaban J connectivity index is 2.01. The highest BCUT2D eigenvalue weighted by molar-refractivity contribution is 5.85. The molecule has 0 bridgehead atoms. The minimum absolute atomic E-state index is 0.0161. The normalized spacial score (nSPS) is 18.9. The van der Waals surface area contributed by atoms with Crippen LogP contribution in [0.25, 0.3) is 0 Å². The zero-order valence-electron chi connectivity index (χ0n) is 9.97. The molecule has 1 aromatic heterocycles. The highest BCUT2D eigenvalue weighted by Gasteiger charge is 2.18. The fourth-order valence-corrected chi connectivity index (χ4v) is 1.69. The maximum Gasteiger partial charge on any atom is 0.376 e. The van der Waals surface area contributed by atoms with Gasteiger partial charge in [0, 0.05) is 25.2 Å². The van der Waals surface area contributed by atoms with E-state index in [-0.39, 0.29) is 17.8 Å². The van der Waals surface area contributed by atoms with Crippen LogP contribution in [0.5, 0.6) is 0 Å². The van der Waals surface area contributed by atoms with E-state index in [1.165, 1.54) is 13.3 Å². The number of nitrogens with zero attached hydrogens (tertiary/aromatic N) is 2. The lowest BCUT2D eigenvalue weighted by Gasteiger charge is -2.23. The van der Waals surface area contributed by atoms with E-state index in [0.29, 0.717) is 18.8 Å². The largest absolute Gasteiger partial charge is 0.463 e. The summed E-state index contributed by atoms with van der Waals surface area (Å²) in [7, 11) is 1.28. The quantitative estimate of drug-likeness (QED) is 0.731. The van der Waals surface area contributed by atoms with E-state index in [9.17, 15) is 9.59 Å². The van der Waals surface area contributed by atoms with Crippen molar-refractivity contribution >= 4 is 17.7 Å². The van der Waals surface area contributed by atoms with Crippen molar-refractivity contribution in [3.8, 4) is 0 Å². The Morgan fingerprint density at radius 3 is 3.11 bits per heavy atom. The van der Waals surface area contributed by atoms with Crippen molar-refractivity contribution in [2.24, 2.45) is 0 Å². The van der Waals surface area contributed by atoms with Gasteiger partial charge in [-0.1, -0.05) is 0 Å². The summed E-state index contributed by atoms with van der Waals surface area (Å²) in [5, 5.41) is 5.91. The second kappa shape index (κ2) is 5.44. The molecular formula is C11H14N4O3. The van der Waals surface area contributed by atoms with E-state index in [0.717, 1.165) is 6.42 Å². The molecule has 0 saturated carbocycles. The molecule has 7 nitrogen and oxygen atoms in total. The minimum atomic E-state index is -0.574. The van der Waals surface area contributed by atoms with E-state index >= 15 is 0 Å². The molecule has 18 heavy (non-hydrogen) atoms. The summed E-state index contributed by atoms with van der Waals surface area (Å²) in [5.74, 6) is 0.0514. The Morgan fingerprint density at radius 1 is 1.61 bits per heavy atom. The van der Waals surface area contributed by atoms with Crippen molar-refractivity contribution in [1.29, 1.82) is 0 Å². The first kappa shape index (κ1) is 12.3. The number of aromatic nitrogens is 2. The van der Waals surface area contributed by atoms with Gasteiger partial charge in [-0.05, 0) is 12.5 Å². The molecule has 2 rings (SSSR count). The van der Waals surface area contributed by atoms with Crippen LogP contribution in [0.1, 0.15) is 23.5 Å². The summed E-state index contributed by atoms with van der Waals surface area (Å²) < 4.78 is 4.55. The van der Waals surface area contributed by atoms with Gasteiger partial charge >= 0.3 is 5.97 Å². The molecule has 0 radical (unpaired) electrons. The number of hydrogen-bond acceptors (Lipinski definition) is 6. The lowest BCUT2D eigenvalue weighted by molar-refractivity contribution is -0.122. The molecule has 0 aromatic carbocycles. The molecule has 7 heteroatoms. The first-order valence-corrected chi connectivity index (χ1v) is 5.63. The molecule has 2 N–H and O–H groups in total. The molecule has 1 unspecified atom stereocenters. The monoisotopic (exact) mass is 250 g/mol. The van der Waals surface area contributed by atoms with Gasteiger partial charge in [0.2, 0.25) is 11.7 Å². The number of carbonyl (C=O) groups excluding carboxylic acids is 2. The van der Waals surface area contributed by atoms with Crippen LogP contribution in [-0.4, -0.2) is 41.5 Å². The maximum atomic E-state index is 11.3. The number of rotatable bonds is 3. The smallest absolute Gasteiger partial charge is 0.376 e. The topological polar surface area (TPSA) is 93.2 Å². The van der Waals surface area contributed by atoms with Gasteiger partial charge in [-0.2, -0.15) is 0 Å². The Hall–Kier alpha value is -2.18. The zero-order valence-corrected chi connectivity index (χ0v) is 9.97. The molecule has 96 valence electrons. The number of nitrogens with one attached hydrogen (secondary N) is 2. The molecule has 1 atom stereocenters. The predicted molar refractivity (Wildman–Crippen MR) is 63.0 cm³/mol. The summed E-state index contributed by atoms with van der Waals surface area (Å²) in [4.78, 5) is 30.2. The Bertz CT molecular complexity index is 453. The number of piperidine rings is 1. The molecule has 2 heterocycles. The van der Waals surface area contributed by atoms with Gasteiger partial charge in [0.25, 0.3) is 0 Å². The van der Waals surface area contributed by atoms with Crippen molar-refractivity contribution in [2.45, 2.75) is 18.9 Å². The summed E-state index contributed by atoms with van der Waals surface area (Å²) in [5.41, 5.74) is 0. The van der Waals surface area contributed by atoms with Crippen LogP contribution >= 0.6 is 0 Å². The summed E-state index contributed by atoms with van der Waals surface area (Å²) >= 11 is 0. The van der Waals surface area contributed by atoms with Gasteiger partial charge in [0.15, 0.2) is 0 Å². The average molecular weight is 250 g/mol. The van der Waals surface area contributed by atoms with Gasteiger partial charge in [0.05, 0.1) is 7.11 Å². The maximum absolute atomic E-state index is 11.3. The van der Waals surface area contributed by atoms with E-state index in [1.54, 1.807) is 6.07 Å². The third kappa shape index (κ3) is 2.93. The molecule has 1 saturated heterocycles. The summed E-state index contributed by atoms with van der Waals surface area (Å²) in [6, 6.07) is 1.78. The van der Waals surface area contributed by atoms with Gasteiger partial charge < -0.3 is 15.4 Å². The molecule has 0 aliphatic carbocycles. The van der Waals surface area contributed by atoms with Crippen LogP contribution in [0.15, 0.2) is 12.3 Å².